The molecule has 0 aliphatic carbocycles. The van der Waals surface area contributed by atoms with Gasteiger partial charge >= 0.3 is 0 Å². The van der Waals surface area contributed by atoms with E-state index in [-0.39, 0.29) is 17.5 Å². The van der Waals surface area contributed by atoms with Gasteiger partial charge in [0.1, 0.15) is 0 Å². The monoisotopic (exact) mass is 318 g/mol. The lowest BCUT2D eigenvalue weighted by Gasteiger charge is -2.01. The Morgan fingerprint density at radius 2 is 2.41 bits per heavy atom. The van der Waals surface area contributed by atoms with Crippen molar-refractivity contribution in [3.8, 4) is 5.69 Å². The van der Waals surface area contributed by atoms with Crippen LogP contribution in [-0.2, 0) is 4.79 Å². The quantitative estimate of drug-likeness (QED) is 0.793. The highest BCUT2D eigenvalue weighted by Gasteiger charge is 2.11. The van der Waals surface area contributed by atoms with E-state index in [9.17, 15) is 4.79 Å². The number of halogens is 1. The molecule has 22 heavy (non-hydrogen) atoms. The second kappa shape index (κ2) is 7.94. The first kappa shape index (κ1) is 15.7. The molecule has 3 N–H and O–H groups in total. The van der Waals surface area contributed by atoms with Crippen LogP contribution >= 0.6 is 11.6 Å². The fourth-order valence-electron chi connectivity index (χ4n) is 1.62. The molecule has 0 radical (unpaired) electrons. The number of pyridine rings is 1. The molecule has 0 spiro atoms. The second-order valence-corrected chi connectivity index (χ2v) is 4.59. The molecule has 0 saturated heterocycles. The molecule has 7 nitrogen and oxygen atoms in total. The normalized spacial score (nSPS) is 11.3. The summed E-state index contributed by atoms with van der Waals surface area (Å²) in [4.78, 5) is 19.8. The van der Waals surface area contributed by atoms with Gasteiger partial charge < -0.3 is 11.1 Å². The van der Waals surface area contributed by atoms with Gasteiger partial charge in [0.25, 0.3) is 0 Å². The minimum Gasteiger partial charge on any atom is -0.405 e. The summed E-state index contributed by atoms with van der Waals surface area (Å²) in [7, 11) is 0. The second-order valence-electron chi connectivity index (χ2n) is 4.23. The van der Waals surface area contributed by atoms with Crippen LogP contribution in [0.5, 0.6) is 0 Å². The van der Waals surface area contributed by atoms with Crippen LogP contribution in [0.15, 0.2) is 48.0 Å². The highest BCUT2D eigenvalue weighted by Crippen LogP contribution is 2.21. The zero-order valence-corrected chi connectivity index (χ0v) is 12.4. The predicted octanol–water partition coefficient (Wildman–Crippen LogP) is 1.79. The van der Waals surface area contributed by atoms with Gasteiger partial charge in [-0.3, -0.25) is 14.8 Å². The molecule has 0 aromatic carbocycles. The van der Waals surface area contributed by atoms with Gasteiger partial charge in [-0.1, -0.05) is 11.6 Å². The third kappa shape index (κ3) is 4.42. The van der Waals surface area contributed by atoms with Gasteiger partial charge in [0.05, 0.1) is 23.8 Å². The topological polar surface area (TPSA) is 98.2 Å². The Kier molecular flexibility index (Phi) is 5.67. The number of nitrogens with zero attached hydrogens (tertiary/aromatic N) is 4. The van der Waals surface area contributed by atoms with Crippen molar-refractivity contribution in [3.05, 3.63) is 48.2 Å². The lowest BCUT2D eigenvalue weighted by atomic mass is 10.4. The molecule has 2 aromatic heterocycles. The number of nitrogens with two attached hydrogens (primary N) is 1. The summed E-state index contributed by atoms with van der Waals surface area (Å²) < 4.78 is 1.55. The van der Waals surface area contributed by atoms with E-state index < -0.39 is 0 Å². The van der Waals surface area contributed by atoms with Crippen molar-refractivity contribution in [2.45, 2.75) is 6.42 Å². The third-order valence-electron chi connectivity index (χ3n) is 2.62. The first-order chi connectivity index (χ1) is 10.7. The van der Waals surface area contributed by atoms with Crippen LogP contribution in [0.1, 0.15) is 6.42 Å². The van der Waals surface area contributed by atoms with Crippen LogP contribution in [-0.4, -0.2) is 33.4 Å². The molecule has 2 aromatic rings. The molecular formula is C14H15ClN6O. The van der Waals surface area contributed by atoms with Crippen LogP contribution < -0.4 is 11.1 Å². The summed E-state index contributed by atoms with van der Waals surface area (Å²) in [6, 6.07) is 3.62. The summed E-state index contributed by atoms with van der Waals surface area (Å²) in [5, 5.41) is 7.04. The zero-order valence-electron chi connectivity index (χ0n) is 11.7. The number of allylic oxidation sites excluding steroid dienone is 1. The zero-order chi connectivity index (χ0) is 15.8. The number of aliphatic imine (C=N–C) groups is 1. The van der Waals surface area contributed by atoms with Crippen LogP contribution in [0, 0.1) is 0 Å². The van der Waals surface area contributed by atoms with Crippen molar-refractivity contribution in [1.29, 1.82) is 0 Å². The number of carbonyl (C=O) groups excluding carboxylic acids is 1. The summed E-state index contributed by atoms with van der Waals surface area (Å²) >= 11 is 6.02. The smallest absolute Gasteiger partial charge is 0.226 e. The maximum Gasteiger partial charge on any atom is 0.226 e. The van der Waals surface area contributed by atoms with Gasteiger partial charge in [-0.25, -0.2) is 4.68 Å². The number of aromatic nitrogens is 3. The third-order valence-corrected chi connectivity index (χ3v) is 2.90. The Hall–Kier alpha value is -2.67. The van der Waals surface area contributed by atoms with E-state index >= 15 is 0 Å². The maximum absolute atomic E-state index is 11.8. The van der Waals surface area contributed by atoms with E-state index in [2.05, 4.69) is 20.4 Å². The van der Waals surface area contributed by atoms with Crippen LogP contribution in [0.2, 0.25) is 5.15 Å². The Morgan fingerprint density at radius 3 is 3.14 bits per heavy atom. The van der Waals surface area contributed by atoms with E-state index in [4.69, 9.17) is 17.3 Å². The molecule has 0 fully saturated rings. The van der Waals surface area contributed by atoms with Crippen molar-refractivity contribution in [2.75, 3.05) is 11.9 Å². The van der Waals surface area contributed by atoms with Crippen molar-refractivity contribution in [3.63, 3.8) is 0 Å². The van der Waals surface area contributed by atoms with Crippen LogP contribution in [0.25, 0.3) is 5.69 Å². The maximum atomic E-state index is 11.8. The number of hydrogen-bond donors (Lipinski definition) is 2. The summed E-state index contributed by atoms with van der Waals surface area (Å²) in [6.45, 7) is 0.366. The number of carbonyl (C=O) groups is 1. The lowest BCUT2D eigenvalue weighted by Crippen LogP contribution is -2.12. The fourth-order valence-corrected chi connectivity index (χ4v) is 1.80. The number of rotatable bonds is 6. The molecule has 8 heteroatoms. The van der Waals surface area contributed by atoms with E-state index in [1.54, 1.807) is 41.6 Å². The van der Waals surface area contributed by atoms with Gasteiger partial charge in [0, 0.05) is 25.4 Å². The van der Waals surface area contributed by atoms with Gasteiger partial charge in [0.15, 0.2) is 5.15 Å². The Balaban J connectivity index is 1.96. The summed E-state index contributed by atoms with van der Waals surface area (Å²) in [6.07, 6.45) is 9.69. The molecule has 0 aliphatic heterocycles. The standard InChI is InChI=1S/C14H15ClN6O/c15-14-12(19-13(22)4-8-17-7-2-5-16)10-21(20-14)11-3-1-6-18-9-11/h1-3,5-7,9-10H,4,8,16H2,(H,19,22)/b5-2-,17-7?. The van der Waals surface area contributed by atoms with E-state index in [1.165, 1.54) is 6.20 Å². The molecule has 0 atom stereocenters. The molecule has 1 amide bonds. The summed E-state index contributed by atoms with van der Waals surface area (Å²) in [5.74, 6) is -0.193. The molecule has 0 bridgehead atoms. The van der Waals surface area contributed by atoms with Gasteiger partial charge in [-0.2, -0.15) is 5.10 Å². The Labute approximate surface area is 132 Å². The van der Waals surface area contributed by atoms with Gasteiger partial charge in [-0.05, 0) is 24.4 Å². The van der Waals surface area contributed by atoms with Gasteiger partial charge in [-0.15, -0.1) is 0 Å². The largest absolute Gasteiger partial charge is 0.405 e. The minimum atomic E-state index is -0.193. The van der Waals surface area contributed by atoms with Crippen molar-refractivity contribution in [2.24, 2.45) is 10.7 Å². The average Bonchev–Trinajstić information content (AvgIpc) is 2.89. The minimum absolute atomic E-state index is 0.193. The first-order valence-corrected chi connectivity index (χ1v) is 6.90. The molecule has 2 rings (SSSR count). The lowest BCUT2D eigenvalue weighted by molar-refractivity contribution is -0.116. The predicted molar refractivity (Wildman–Crippen MR) is 86.3 cm³/mol. The van der Waals surface area contributed by atoms with E-state index in [1.807, 2.05) is 6.07 Å². The average molecular weight is 319 g/mol. The van der Waals surface area contributed by atoms with Crippen LogP contribution in [0.4, 0.5) is 5.69 Å². The van der Waals surface area contributed by atoms with E-state index in [0.29, 0.717) is 12.2 Å². The Morgan fingerprint density at radius 1 is 1.55 bits per heavy atom. The fraction of sp³-hybridized carbons (Fsp3) is 0.143. The number of nitrogens with one attached hydrogen (secondary N) is 1. The molecule has 0 saturated carbocycles. The number of anilines is 1. The van der Waals surface area contributed by atoms with E-state index in [0.717, 1.165) is 5.69 Å². The highest BCUT2D eigenvalue weighted by atomic mass is 35.5. The molecular weight excluding hydrogens is 304 g/mol. The van der Waals surface area contributed by atoms with Crippen LogP contribution in [0.3, 0.4) is 0 Å². The first-order valence-electron chi connectivity index (χ1n) is 6.53. The molecule has 0 unspecified atom stereocenters. The van der Waals surface area contributed by atoms with Crippen molar-refractivity contribution >= 4 is 29.4 Å². The molecule has 2 heterocycles. The highest BCUT2D eigenvalue weighted by molar-refractivity contribution is 6.32. The van der Waals surface area contributed by atoms with Crippen molar-refractivity contribution < 1.29 is 4.79 Å². The summed E-state index contributed by atoms with van der Waals surface area (Å²) in [5.41, 5.74) is 6.36. The molecule has 114 valence electrons. The number of hydrogen-bond acceptors (Lipinski definition) is 5. The Bertz CT molecular complexity index is 680. The van der Waals surface area contributed by atoms with Crippen molar-refractivity contribution in [1.82, 2.24) is 14.8 Å². The SMILES string of the molecule is N/C=C\C=NCCC(=O)Nc1cn(-c2cccnc2)nc1Cl. The number of amides is 1. The molecule has 0 aliphatic rings. The van der Waals surface area contributed by atoms with Gasteiger partial charge in [0.2, 0.25) is 5.91 Å².